The van der Waals surface area contributed by atoms with Gasteiger partial charge in [-0.2, -0.15) is 0 Å². The predicted octanol–water partition coefficient (Wildman–Crippen LogP) is 4.92. The molecule has 2 N–H and O–H groups in total. The van der Waals surface area contributed by atoms with Crippen molar-refractivity contribution in [1.82, 2.24) is 15.2 Å². The molecule has 0 bridgehead atoms. The Bertz CT molecular complexity index is 1540. The lowest BCUT2D eigenvalue weighted by Crippen LogP contribution is -2.48. The summed E-state index contributed by atoms with van der Waals surface area (Å²) < 4.78 is 28.9. The Hall–Kier alpha value is -3.18. The number of halogens is 1. The molecule has 1 amide bonds. The van der Waals surface area contributed by atoms with Crippen LogP contribution in [0, 0.1) is 13.8 Å². The molecule has 5 rings (SSSR count). The number of aromatic nitrogens is 1. The summed E-state index contributed by atoms with van der Waals surface area (Å²) in [7, 11) is -3.74. The number of nitrogens with one attached hydrogen (secondary N) is 2. The molecule has 1 saturated heterocycles. The summed E-state index contributed by atoms with van der Waals surface area (Å²) in [6.07, 6.45) is 0. The zero-order chi connectivity index (χ0) is 27.6. The Morgan fingerprint density at radius 1 is 0.949 bits per heavy atom. The largest absolute Gasteiger partial charge is 0.351 e. The fourth-order valence-corrected chi connectivity index (χ4v) is 6.84. The number of rotatable bonds is 8. The smallest absolute Gasteiger partial charge is 0.261 e. The highest BCUT2D eigenvalue weighted by atomic mass is 35.5. The van der Waals surface area contributed by atoms with Crippen LogP contribution in [0.15, 0.2) is 65.6 Å². The van der Waals surface area contributed by atoms with Crippen LogP contribution in [-0.4, -0.2) is 63.5 Å². The minimum atomic E-state index is -3.74. The number of anilines is 2. The average Bonchev–Trinajstić information content (AvgIpc) is 3.39. The summed E-state index contributed by atoms with van der Waals surface area (Å²) >= 11 is 7.60. The van der Waals surface area contributed by atoms with Crippen LogP contribution in [0.25, 0.3) is 10.2 Å². The average molecular weight is 584 g/mol. The molecule has 11 heteroatoms. The van der Waals surface area contributed by atoms with E-state index < -0.39 is 10.0 Å². The third kappa shape index (κ3) is 6.36. The van der Waals surface area contributed by atoms with Crippen molar-refractivity contribution in [2.75, 3.05) is 48.9 Å². The topological polar surface area (TPSA) is 94.6 Å². The van der Waals surface area contributed by atoms with Crippen molar-refractivity contribution in [2.45, 2.75) is 18.7 Å². The molecule has 0 atom stereocenters. The molecule has 0 aliphatic carbocycles. The van der Waals surface area contributed by atoms with Crippen LogP contribution >= 0.6 is 22.9 Å². The van der Waals surface area contributed by atoms with Gasteiger partial charge in [0.25, 0.3) is 15.9 Å². The van der Waals surface area contributed by atoms with Gasteiger partial charge in [-0.05, 0) is 73.5 Å². The van der Waals surface area contributed by atoms with E-state index >= 15 is 0 Å². The molecule has 1 aromatic heterocycles. The van der Waals surface area contributed by atoms with Crippen molar-refractivity contribution < 1.29 is 13.2 Å². The molecular formula is C28H30ClN5O3S2. The van der Waals surface area contributed by atoms with Crippen molar-refractivity contribution in [3.63, 3.8) is 0 Å². The van der Waals surface area contributed by atoms with E-state index in [1.807, 2.05) is 0 Å². The standard InChI is InChI=1S/C28H30ClN5O3S2/c1-19-3-4-20(2)26-25(19)31-28(38-26)34-17-15-33(16-18-34)14-13-30-27(35)21-5-9-23(10-6-21)32-39(36,37)24-11-7-22(29)8-12-24/h3-12,32H,13-18H2,1-2H3,(H,30,35). The van der Waals surface area contributed by atoms with Crippen molar-refractivity contribution in [1.29, 1.82) is 0 Å². The van der Waals surface area contributed by atoms with E-state index in [0.717, 1.165) is 43.4 Å². The molecule has 3 aromatic carbocycles. The number of sulfonamides is 1. The van der Waals surface area contributed by atoms with E-state index in [1.165, 1.54) is 40.1 Å². The van der Waals surface area contributed by atoms with E-state index in [2.05, 4.69) is 45.8 Å². The predicted molar refractivity (Wildman–Crippen MR) is 159 cm³/mol. The van der Waals surface area contributed by atoms with Crippen molar-refractivity contribution in [3.8, 4) is 0 Å². The molecule has 2 heterocycles. The quantitative estimate of drug-likeness (QED) is 0.306. The van der Waals surface area contributed by atoms with E-state index in [9.17, 15) is 13.2 Å². The van der Waals surface area contributed by atoms with E-state index in [-0.39, 0.29) is 10.8 Å². The first-order chi connectivity index (χ1) is 18.7. The number of amides is 1. The number of carbonyl (C=O) groups excluding carboxylic acids is 1. The van der Waals surface area contributed by atoms with Crippen LogP contribution in [0.2, 0.25) is 5.02 Å². The van der Waals surface area contributed by atoms with Crippen LogP contribution in [-0.2, 0) is 10.0 Å². The number of piperazine rings is 1. The second-order valence-corrected chi connectivity index (χ2v) is 12.7. The number of hydrogen-bond acceptors (Lipinski definition) is 7. The third-order valence-electron chi connectivity index (χ3n) is 6.81. The van der Waals surface area contributed by atoms with Gasteiger partial charge in [-0.15, -0.1) is 0 Å². The van der Waals surface area contributed by atoms with Crippen LogP contribution in [0.5, 0.6) is 0 Å². The molecule has 1 aliphatic rings. The van der Waals surface area contributed by atoms with Gasteiger partial charge >= 0.3 is 0 Å². The number of benzene rings is 3. The minimum absolute atomic E-state index is 0.111. The van der Waals surface area contributed by atoms with Gasteiger partial charge in [0.2, 0.25) is 0 Å². The first-order valence-corrected chi connectivity index (χ1v) is 15.4. The third-order valence-corrected chi connectivity index (χ3v) is 9.71. The van der Waals surface area contributed by atoms with Gasteiger partial charge in [0.15, 0.2) is 5.13 Å². The normalized spacial score (nSPS) is 14.5. The second-order valence-electron chi connectivity index (χ2n) is 9.59. The summed E-state index contributed by atoms with van der Waals surface area (Å²) in [4.78, 5) is 22.3. The van der Waals surface area contributed by atoms with E-state index in [0.29, 0.717) is 22.8 Å². The number of carbonyl (C=O) groups is 1. The van der Waals surface area contributed by atoms with Gasteiger partial charge in [0.05, 0.1) is 15.1 Å². The summed E-state index contributed by atoms with van der Waals surface area (Å²) in [5.41, 5.74) is 4.42. The first kappa shape index (κ1) is 27.4. The summed E-state index contributed by atoms with van der Waals surface area (Å²) in [6, 6.07) is 16.6. The molecule has 1 fully saturated rings. The zero-order valence-electron chi connectivity index (χ0n) is 21.8. The fraction of sp³-hybridized carbons (Fsp3) is 0.286. The lowest BCUT2D eigenvalue weighted by molar-refractivity contribution is 0.0948. The summed E-state index contributed by atoms with van der Waals surface area (Å²) in [5.74, 6) is -0.194. The molecule has 0 unspecified atom stereocenters. The van der Waals surface area contributed by atoms with Crippen LogP contribution in [0.1, 0.15) is 21.5 Å². The Morgan fingerprint density at radius 2 is 1.62 bits per heavy atom. The molecular weight excluding hydrogens is 554 g/mol. The van der Waals surface area contributed by atoms with Crippen molar-refractivity contribution in [2.24, 2.45) is 0 Å². The number of hydrogen-bond donors (Lipinski definition) is 2. The molecule has 0 spiro atoms. The van der Waals surface area contributed by atoms with Gasteiger partial charge in [0, 0.05) is 55.5 Å². The summed E-state index contributed by atoms with van der Waals surface area (Å²) in [5, 5.41) is 4.50. The molecule has 0 saturated carbocycles. The highest BCUT2D eigenvalue weighted by Gasteiger charge is 2.21. The highest BCUT2D eigenvalue weighted by Crippen LogP contribution is 2.33. The number of aryl methyl sites for hydroxylation is 2. The Balaban J connectivity index is 1.08. The number of nitrogens with zero attached hydrogens (tertiary/aromatic N) is 3. The monoisotopic (exact) mass is 583 g/mol. The Morgan fingerprint density at radius 3 is 2.28 bits per heavy atom. The minimum Gasteiger partial charge on any atom is -0.351 e. The van der Waals surface area contributed by atoms with Crippen molar-refractivity contribution >= 4 is 59.9 Å². The first-order valence-electron chi connectivity index (χ1n) is 12.7. The Kier molecular flexibility index (Phi) is 8.08. The number of fused-ring (bicyclic) bond motifs is 1. The fourth-order valence-electron chi connectivity index (χ4n) is 4.49. The van der Waals surface area contributed by atoms with Gasteiger partial charge in [-0.1, -0.05) is 35.1 Å². The lowest BCUT2D eigenvalue weighted by atomic mass is 10.1. The molecule has 0 radical (unpaired) electrons. The summed E-state index contributed by atoms with van der Waals surface area (Å²) in [6.45, 7) is 9.15. The highest BCUT2D eigenvalue weighted by molar-refractivity contribution is 7.92. The van der Waals surface area contributed by atoms with Gasteiger partial charge < -0.3 is 10.2 Å². The zero-order valence-corrected chi connectivity index (χ0v) is 24.2. The molecule has 39 heavy (non-hydrogen) atoms. The SMILES string of the molecule is Cc1ccc(C)c2sc(N3CCN(CCNC(=O)c4ccc(NS(=O)(=O)c5ccc(Cl)cc5)cc4)CC3)nc12. The maximum atomic E-state index is 12.6. The van der Waals surface area contributed by atoms with Gasteiger partial charge in [-0.3, -0.25) is 14.4 Å². The van der Waals surface area contributed by atoms with Gasteiger partial charge in [-0.25, -0.2) is 13.4 Å². The Labute approximate surface area is 237 Å². The van der Waals surface area contributed by atoms with Crippen molar-refractivity contribution in [3.05, 3.63) is 82.4 Å². The van der Waals surface area contributed by atoms with Crippen LogP contribution in [0.4, 0.5) is 10.8 Å². The molecule has 1 aliphatic heterocycles. The van der Waals surface area contributed by atoms with E-state index in [1.54, 1.807) is 35.6 Å². The molecule has 4 aromatic rings. The molecule has 8 nitrogen and oxygen atoms in total. The second kappa shape index (κ2) is 11.5. The maximum Gasteiger partial charge on any atom is 0.261 e. The van der Waals surface area contributed by atoms with E-state index in [4.69, 9.17) is 16.6 Å². The maximum absolute atomic E-state index is 12.6. The lowest BCUT2D eigenvalue weighted by Gasteiger charge is -2.34. The number of thiazole rings is 1. The van der Waals surface area contributed by atoms with Crippen LogP contribution < -0.4 is 14.9 Å². The van der Waals surface area contributed by atoms with Crippen LogP contribution in [0.3, 0.4) is 0 Å². The van der Waals surface area contributed by atoms with Gasteiger partial charge in [0.1, 0.15) is 0 Å². The molecule has 204 valence electrons.